The van der Waals surface area contributed by atoms with Crippen molar-refractivity contribution < 1.29 is 14.3 Å². The van der Waals surface area contributed by atoms with Gasteiger partial charge in [-0.25, -0.2) is 9.69 Å². The van der Waals surface area contributed by atoms with Gasteiger partial charge in [0.1, 0.15) is 17.3 Å². The molecule has 4 aliphatic heterocycles. The van der Waals surface area contributed by atoms with Crippen LogP contribution in [0, 0.1) is 13.1 Å². The van der Waals surface area contributed by atoms with Crippen molar-refractivity contribution in [3.63, 3.8) is 0 Å². The predicted octanol–water partition coefficient (Wildman–Crippen LogP) is 4.49. The molecule has 4 fully saturated rings. The lowest BCUT2D eigenvalue weighted by atomic mass is 10.00. The number of nitrogens with one attached hydrogen (secondary N) is 2. The highest BCUT2D eigenvalue weighted by Crippen LogP contribution is 2.29. The van der Waals surface area contributed by atoms with Crippen LogP contribution < -0.4 is 10.6 Å². The largest absolute Gasteiger partial charge is 0.359 e. The fourth-order valence-electron chi connectivity index (χ4n) is 5.62. The van der Waals surface area contributed by atoms with Gasteiger partial charge in [-0.3, -0.25) is 24.7 Å². The Labute approximate surface area is 249 Å². The lowest BCUT2D eigenvalue weighted by Gasteiger charge is -2.38. The van der Waals surface area contributed by atoms with Crippen LogP contribution in [-0.4, -0.2) is 79.5 Å². The SMILES string of the molecule is O=C1CCNCC1.[C-]#[N+]c1ccccc1CN1CCC(=O)CC1.[C-]#[N+]c1ccccc1CN1CCC2(CC1)NCCO2. The minimum absolute atomic E-state index is 0.0597. The summed E-state index contributed by atoms with van der Waals surface area (Å²) in [5, 5.41) is 6.58. The van der Waals surface area contributed by atoms with Gasteiger partial charge in [0.25, 0.3) is 0 Å². The summed E-state index contributed by atoms with van der Waals surface area (Å²) in [5.41, 5.74) is 3.63. The second kappa shape index (κ2) is 16.3. The van der Waals surface area contributed by atoms with E-state index in [1.165, 1.54) is 0 Å². The standard InChI is InChI=1S/C15H19N3O.C13H14N2O.C5H9NO/c1-16-14-5-3-2-4-13(14)12-18-9-6-15(7-10-18)17-8-11-19-15;1-14-13-5-3-2-4-11(13)10-15-8-6-12(16)7-9-15;7-5-1-3-6-4-2-5/h2-5,17H,6-12H2;2-5H,6-10H2;6H,1-4H2. The van der Waals surface area contributed by atoms with E-state index in [0.29, 0.717) is 24.4 Å². The van der Waals surface area contributed by atoms with Gasteiger partial charge in [0.15, 0.2) is 11.4 Å². The van der Waals surface area contributed by atoms with Gasteiger partial charge in [0.2, 0.25) is 0 Å². The minimum Gasteiger partial charge on any atom is -0.359 e. The zero-order valence-electron chi connectivity index (χ0n) is 24.4. The number of rotatable bonds is 4. The van der Waals surface area contributed by atoms with Gasteiger partial charge in [-0.2, -0.15) is 0 Å². The Morgan fingerprint density at radius 2 is 1.21 bits per heavy atom. The highest BCUT2D eigenvalue weighted by atomic mass is 16.5. The van der Waals surface area contributed by atoms with Crippen LogP contribution in [0.2, 0.25) is 0 Å². The molecule has 4 aliphatic rings. The fraction of sp³-hybridized carbons (Fsp3) is 0.515. The summed E-state index contributed by atoms with van der Waals surface area (Å²) in [6.45, 7) is 23.2. The van der Waals surface area contributed by atoms with Crippen molar-refractivity contribution >= 4 is 22.9 Å². The Hall–Kier alpha value is -3.44. The third-order valence-corrected chi connectivity index (χ3v) is 8.18. The van der Waals surface area contributed by atoms with E-state index in [4.69, 9.17) is 17.9 Å². The molecule has 222 valence electrons. The van der Waals surface area contributed by atoms with Crippen molar-refractivity contribution in [3.8, 4) is 0 Å². The Morgan fingerprint density at radius 3 is 1.67 bits per heavy atom. The average molecular weight is 571 g/mol. The molecule has 6 rings (SSSR count). The maximum atomic E-state index is 11.1. The zero-order valence-corrected chi connectivity index (χ0v) is 24.4. The quantitative estimate of drug-likeness (QED) is 0.524. The number of ketones is 2. The maximum absolute atomic E-state index is 11.1. The molecule has 9 nitrogen and oxygen atoms in total. The first-order valence-electron chi connectivity index (χ1n) is 15.0. The molecule has 2 aromatic carbocycles. The molecule has 42 heavy (non-hydrogen) atoms. The number of benzene rings is 2. The van der Waals surface area contributed by atoms with E-state index in [1.54, 1.807) is 0 Å². The summed E-state index contributed by atoms with van der Waals surface area (Å²) in [4.78, 5) is 33.3. The first-order valence-corrected chi connectivity index (χ1v) is 15.0. The van der Waals surface area contributed by atoms with Crippen LogP contribution in [0.3, 0.4) is 0 Å². The second-order valence-electron chi connectivity index (χ2n) is 11.1. The Morgan fingerprint density at radius 1 is 0.714 bits per heavy atom. The number of para-hydroxylation sites is 2. The number of nitrogens with zero attached hydrogens (tertiary/aromatic N) is 4. The molecule has 4 saturated heterocycles. The Bertz CT molecular complexity index is 1250. The third-order valence-electron chi connectivity index (χ3n) is 8.18. The lowest BCUT2D eigenvalue weighted by molar-refractivity contribution is -0.121. The van der Waals surface area contributed by atoms with Gasteiger partial charge in [-0.1, -0.05) is 48.5 Å². The average Bonchev–Trinajstić information content (AvgIpc) is 3.49. The molecule has 0 saturated carbocycles. The van der Waals surface area contributed by atoms with Gasteiger partial charge in [-0.05, 0) is 11.1 Å². The van der Waals surface area contributed by atoms with E-state index < -0.39 is 0 Å². The van der Waals surface area contributed by atoms with Crippen molar-refractivity contribution in [2.24, 2.45) is 0 Å². The summed E-state index contributed by atoms with van der Waals surface area (Å²) in [5.74, 6) is 0.758. The molecule has 4 heterocycles. The molecule has 0 bridgehead atoms. The number of Topliss-reactive ketones (excluding diaryl/α,β-unsaturated/α-hetero) is 2. The monoisotopic (exact) mass is 570 g/mol. The summed E-state index contributed by atoms with van der Waals surface area (Å²) >= 11 is 0. The smallest absolute Gasteiger partial charge is 0.191 e. The normalized spacial score (nSPS) is 20.4. The molecule has 0 unspecified atom stereocenters. The Kier molecular flexibility index (Phi) is 12.2. The van der Waals surface area contributed by atoms with Crippen molar-refractivity contribution in [1.82, 2.24) is 20.4 Å². The number of piperidine rings is 3. The van der Waals surface area contributed by atoms with Crippen molar-refractivity contribution in [1.29, 1.82) is 0 Å². The number of hydrogen-bond acceptors (Lipinski definition) is 7. The molecule has 0 atom stereocenters. The van der Waals surface area contributed by atoms with Crippen molar-refractivity contribution in [2.75, 3.05) is 52.4 Å². The highest BCUT2D eigenvalue weighted by Gasteiger charge is 2.37. The first kappa shape index (κ1) is 31.5. The van der Waals surface area contributed by atoms with E-state index in [9.17, 15) is 9.59 Å². The molecule has 2 aromatic rings. The van der Waals surface area contributed by atoms with Crippen molar-refractivity contribution in [3.05, 3.63) is 82.5 Å². The summed E-state index contributed by atoms with van der Waals surface area (Å²) in [6, 6.07) is 15.6. The van der Waals surface area contributed by atoms with Crippen LogP contribution in [0.15, 0.2) is 48.5 Å². The van der Waals surface area contributed by atoms with Crippen LogP contribution in [0.25, 0.3) is 9.69 Å². The molecule has 2 N–H and O–H groups in total. The topological polar surface area (TPSA) is 82.6 Å². The van der Waals surface area contributed by atoms with Gasteiger partial charge in [-0.15, -0.1) is 0 Å². The fourth-order valence-corrected chi connectivity index (χ4v) is 5.62. The number of likely N-dealkylation sites (tertiary alicyclic amines) is 2. The Balaban J connectivity index is 0.000000159. The van der Waals surface area contributed by atoms with E-state index in [-0.39, 0.29) is 5.72 Å². The zero-order chi connectivity index (χ0) is 29.6. The van der Waals surface area contributed by atoms with Gasteiger partial charge in [0, 0.05) is 97.4 Å². The van der Waals surface area contributed by atoms with Gasteiger partial charge in [0.05, 0.1) is 19.8 Å². The van der Waals surface area contributed by atoms with Crippen LogP contribution in [0.1, 0.15) is 49.7 Å². The first-order chi connectivity index (χ1) is 20.5. The van der Waals surface area contributed by atoms with Gasteiger partial charge >= 0.3 is 0 Å². The van der Waals surface area contributed by atoms with Crippen LogP contribution in [0.5, 0.6) is 0 Å². The van der Waals surface area contributed by atoms with Crippen molar-refractivity contribution in [2.45, 2.75) is 57.3 Å². The highest BCUT2D eigenvalue weighted by molar-refractivity contribution is 5.79. The molecular weight excluding hydrogens is 528 g/mol. The molecule has 0 amide bonds. The van der Waals surface area contributed by atoms with E-state index >= 15 is 0 Å². The van der Waals surface area contributed by atoms with E-state index in [0.717, 1.165) is 114 Å². The molecule has 0 aromatic heterocycles. The van der Waals surface area contributed by atoms with E-state index in [1.807, 2.05) is 42.5 Å². The number of carbonyl (C=O) groups is 2. The molecule has 1 spiro atoms. The van der Waals surface area contributed by atoms with E-state index in [2.05, 4.69) is 36.2 Å². The van der Waals surface area contributed by atoms with Crippen LogP contribution >= 0.6 is 0 Å². The second-order valence-corrected chi connectivity index (χ2v) is 11.1. The third kappa shape index (κ3) is 9.55. The van der Waals surface area contributed by atoms with Crippen LogP contribution in [-0.2, 0) is 27.4 Å². The summed E-state index contributed by atoms with van der Waals surface area (Å²) in [6.07, 6.45) is 4.85. The number of ether oxygens (including phenoxy) is 1. The van der Waals surface area contributed by atoms with Crippen LogP contribution in [0.4, 0.5) is 11.4 Å². The molecule has 0 radical (unpaired) electrons. The summed E-state index contributed by atoms with van der Waals surface area (Å²) < 4.78 is 5.84. The molecular formula is C33H42N6O3. The predicted molar refractivity (Wildman–Crippen MR) is 163 cm³/mol. The molecule has 0 aliphatic carbocycles. The van der Waals surface area contributed by atoms with Gasteiger partial charge < -0.3 is 10.1 Å². The number of carbonyl (C=O) groups excluding carboxylic acids is 2. The summed E-state index contributed by atoms with van der Waals surface area (Å²) in [7, 11) is 0. The lowest BCUT2D eigenvalue weighted by Crippen LogP contribution is -2.50. The molecule has 9 heteroatoms. The minimum atomic E-state index is -0.0597. The number of hydrogen-bond donors (Lipinski definition) is 2. The maximum Gasteiger partial charge on any atom is 0.191 e.